The van der Waals surface area contributed by atoms with Gasteiger partial charge < -0.3 is 39.9 Å². The largest absolute Gasteiger partial charge is 0.465 e. The summed E-state index contributed by atoms with van der Waals surface area (Å²) in [5.74, 6) is -0.354. The molecule has 4 N–H and O–H groups in total. The zero-order valence-electron chi connectivity index (χ0n) is 28.9. The molecule has 1 amide bonds. The fourth-order valence-electron chi connectivity index (χ4n) is 5.11. The van der Waals surface area contributed by atoms with Crippen molar-refractivity contribution >= 4 is 41.7 Å². The first-order valence-corrected chi connectivity index (χ1v) is 16.7. The Hall–Kier alpha value is -3.35. The minimum absolute atomic E-state index is 0.136. The number of hydrogen-bond acceptors (Lipinski definition) is 9. The van der Waals surface area contributed by atoms with Crippen LogP contribution in [0, 0.1) is 5.92 Å². The molecule has 0 bridgehead atoms. The number of anilines is 1. The number of alkyl halides is 1. The molecule has 47 heavy (non-hydrogen) atoms. The van der Waals surface area contributed by atoms with Gasteiger partial charge in [-0.1, -0.05) is 19.8 Å². The Morgan fingerprint density at radius 2 is 1.85 bits per heavy atom. The van der Waals surface area contributed by atoms with E-state index in [1.165, 1.54) is 45.8 Å². The average molecular weight is 665 g/mol. The van der Waals surface area contributed by atoms with Crippen LogP contribution in [-0.2, 0) is 28.6 Å². The SMILES string of the molecule is CC1CCCN1C.CCC(C=O)CCCC(N)CF.COC(C)OC(=O)c1cc2cc(NC=O)ccc2[nH]1.O=COC1CCCCC1. The zero-order chi connectivity index (χ0) is 35.0. The highest BCUT2D eigenvalue weighted by Crippen LogP contribution is 2.21. The summed E-state index contributed by atoms with van der Waals surface area (Å²) < 4.78 is 26.6. The van der Waals surface area contributed by atoms with Gasteiger partial charge in [0.25, 0.3) is 6.47 Å². The lowest BCUT2D eigenvalue weighted by Gasteiger charge is -2.18. The first-order valence-electron chi connectivity index (χ1n) is 16.7. The zero-order valence-corrected chi connectivity index (χ0v) is 28.9. The summed E-state index contributed by atoms with van der Waals surface area (Å²) >= 11 is 0. The monoisotopic (exact) mass is 664 g/mol. The Morgan fingerprint density at radius 1 is 1.13 bits per heavy atom. The molecule has 4 atom stereocenters. The first kappa shape index (κ1) is 41.7. The van der Waals surface area contributed by atoms with Crippen LogP contribution in [0.5, 0.6) is 0 Å². The summed E-state index contributed by atoms with van der Waals surface area (Å²) in [5.41, 5.74) is 7.16. The number of likely N-dealkylation sites (tertiary alicyclic amines) is 1. The Kier molecular flexibility index (Phi) is 22.0. The van der Waals surface area contributed by atoms with Gasteiger partial charge in [-0.3, -0.25) is 9.59 Å². The van der Waals surface area contributed by atoms with Gasteiger partial charge in [-0.2, -0.15) is 0 Å². The number of carbonyl (C=O) groups is 4. The number of H-pyrrole nitrogens is 1. The molecule has 2 fully saturated rings. The minimum atomic E-state index is -0.605. The lowest BCUT2D eigenvalue weighted by atomic mass is 9.98. The Bertz CT molecular complexity index is 1150. The van der Waals surface area contributed by atoms with E-state index < -0.39 is 18.9 Å². The standard InChI is InChI=1S/C13H14N2O4.C9H18FNO.C7H12O2.C6H13N/c1-8(18-2)19-13(17)12-6-9-5-10(14-7-16)3-4-11(9)15-12;1-2-8(7-12)4-3-5-9(11)6-10;8-6-9-7-4-2-1-3-5-7;1-6-4-3-5-7(6)2/h3-8,15H,1-2H3,(H,14,16);7-9H,2-6,11H2,1H3;6-7H,1-5H2;6H,3-5H2,1-2H3. The van der Waals surface area contributed by atoms with Gasteiger partial charge in [0, 0.05) is 41.7 Å². The first-order chi connectivity index (χ1) is 22.6. The number of amides is 1. The second kappa shape index (κ2) is 24.8. The Balaban J connectivity index is 0.000000338. The molecule has 11 nitrogen and oxygen atoms in total. The molecule has 2 aromatic rings. The van der Waals surface area contributed by atoms with Crippen LogP contribution in [0.15, 0.2) is 24.3 Å². The molecule has 0 spiro atoms. The number of rotatable bonds is 14. The van der Waals surface area contributed by atoms with E-state index in [0.29, 0.717) is 30.7 Å². The van der Waals surface area contributed by atoms with Crippen molar-refractivity contribution in [3.63, 3.8) is 0 Å². The normalized spacial score (nSPS) is 18.1. The van der Waals surface area contributed by atoms with Crippen LogP contribution in [0.3, 0.4) is 0 Å². The predicted molar refractivity (Wildman–Crippen MR) is 183 cm³/mol. The van der Waals surface area contributed by atoms with E-state index in [0.717, 1.165) is 55.3 Å². The average Bonchev–Trinajstić information content (AvgIpc) is 3.69. The molecule has 2 heterocycles. The number of hydrogen-bond donors (Lipinski definition) is 3. The number of nitrogens with two attached hydrogens (primary N) is 1. The van der Waals surface area contributed by atoms with E-state index in [9.17, 15) is 23.6 Å². The van der Waals surface area contributed by atoms with Gasteiger partial charge >= 0.3 is 5.97 Å². The maximum atomic E-state index is 11.9. The number of aromatic amines is 1. The predicted octanol–water partition coefficient (Wildman–Crippen LogP) is 6.16. The molecule has 1 aromatic heterocycles. The Labute approximate surface area is 279 Å². The van der Waals surface area contributed by atoms with Crippen molar-refractivity contribution in [2.24, 2.45) is 11.7 Å². The number of aromatic nitrogens is 1. The van der Waals surface area contributed by atoms with Gasteiger partial charge in [-0.05, 0) is 109 Å². The number of fused-ring (bicyclic) bond motifs is 1. The lowest BCUT2D eigenvalue weighted by molar-refractivity contribution is -0.134. The summed E-state index contributed by atoms with van der Waals surface area (Å²) in [4.78, 5) is 47.7. The van der Waals surface area contributed by atoms with Gasteiger partial charge in [-0.15, -0.1) is 0 Å². The molecule has 1 aromatic carbocycles. The molecule has 4 unspecified atom stereocenters. The van der Waals surface area contributed by atoms with E-state index in [1.54, 1.807) is 31.2 Å². The third-order valence-electron chi connectivity index (χ3n) is 8.42. The lowest BCUT2D eigenvalue weighted by Crippen LogP contribution is -2.22. The number of esters is 1. The molecule has 4 rings (SSSR count). The highest BCUT2D eigenvalue weighted by Gasteiger charge is 2.15. The second-order valence-electron chi connectivity index (χ2n) is 12.1. The van der Waals surface area contributed by atoms with E-state index in [-0.39, 0.29) is 18.1 Å². The smallest absolute Gasteiger partial charge is 0.357 e. The number of nitrogens with zero attached hydrogens (tertiary/aromatic N) is 1. The van der Waals surface area contributed by atoms with Crippen molar-refractivity contribution in [3.8, 4) is 0 Å². The number of nitrogens with one attached hydrogen (secondary N) is 2. The van der Waals surface area contributed by atoms with Crippen molar-refractivity contribution in [1.29, 1.82) is 0 Å². The van der Waals surface area contributed by atoms with Crippen LogP contribution in [0.25, 0.3) is 10.9 Å². The van der Waals surface area contributed by atoms with Crippen LogP contribution in [0.1, 0.15) is 102 Å². The van der Waals surface area contributed by atoms with Crippen LogP contribution in [0.2, 0.25) is 0 Å². The van der Waals surface area contributed by atoms with Crippen LogP contribution >= 0.6 is 0 Å². The minimum Gasteiger partial charge on any atom is -0.465 e. The third kappa shape index (κ3) is 17.4. The number of methoxy groups -OCH3 is 1. The quantitative estimate of drug-likeness (QED) is 0.123. The molecule has 1 saturated carbocycles. The summed E-state index contributed by atoms with van der Waals surface area (Å²) in [6.07, 6.45) is 13.1. The number of aldehydes is 1. The van der Waals surface area contributed by atoms with Crippen molar-refractivity contribution in [2.75, 3.05) is 32.7 Å². The molecule has 1 saturated heterocycles. The van der Waals surface area contributed by atoms with Crippen LogP contribution in [-0.4, -0.2) is 86.9 Å². The number of carbonyl (C=O) groups excluding carboxylic acids is 4. The van der Waals surface area contributed by atoms with E-state index in [1.807, 2.05) is 6.92 Å². The van der Waals surface area contributed by atoms with Gasteiger partial charge in [0.1, 0.15) is 24.8 Å². The molecule has 12 heteroatoms. The summed E-state index contributed by atoms with van der Waals surface area (Å²) in [7, 11) is 3.65. The highest BCUT2D eigenvalue weighted by molar-refractivity contribution is 5.96. The number of benzene rings is 1. The van der Waals surface area contributed by atoms with Crippen molar-refractivity contribution in [3.05, 3.63) is 30.0 Å². The molecule has 266 valence electrons. The molecular formula is C35H57FN4O7. The number of halogens is 1. The highest BCUT2D eigenvalue weighted by atomic mass is 19.1. The maximum Gasteiger partial charge on any atom is 0.357 e. The summed E-state index contributed by atoms with van der Waals surface area (Å²) in [5, 5.41) is 3.36. The van der Waals surface area contributed by atoms with Gasteiger partial charge in [0.05, 0.1) is 0 Å². The molecule has 1 aliphatic heterocycles. The topological polar surface area (TPSA) is 153 Å². The van der Waals surface area contributed by atoms with E-state index >= 15 is 0 Å². The molecule has 0 radical (unpaired) electrons. The molecule has 1 aliphatic carbocycles. The van der Waals surface area contributed by atoms with Gasteiger partial charge in [0.15, 0.2) is 6.29 Å². The maximum absolute atomic E-state index is 11.9. The van der Waals surface area contributed by atoms with Crippen molar-refractivity contribution in [2.45, 2.75) is 116 Å². The van der Waals surface area contributed by atoms with E-state index in [4.69, 9.17) is 19.9 Å². The van der Waals surface area contributed by atoms with E-state index in [2.05, 4.69) is 29.2 Å². The Morgan fingerprint density at radius 3 is 2.36 bits per heavy atom. The second-order valence-corrected chi connectivity index (χ2v) is 12.1. The summed E-state index contributed by atoms with van der Waals surface area (Å²) in [6.45, 7) is 7.31. The summed E-state index contributed by atoms with van der Waals surface area (Å²) in [6, 6.07) is 7.44. The van der Waals surface area contributed by atoms with Crippen molar-refractivity contribution < 1.29 is 37.8 Å². The van der Waals surface area contributed by atoms with Crippen LogP contribution in [0.4, 0.5) is 10.1 Å². The molecule has 2 aliphatic rings. The van der Waals surface area contributed by atoms with Gasteiger partial charge in [-0.25, -0.2) is 9.18 Å². The number of ether oxygens (including phenoxy) is 3. The molecular weight excluding hydrogens is 607 g/mol. The van der Waals surface area contributed by atoms with Crippen LogP contribution < -0.4 is 11.1 Å². The van der Waals surface area contributed by atoms with Crippen molar-refractivity contribution in [1.82, 2.24) is 9.88 Å². The fraction of sp³-hybridized carbons (Fsp3) is 0.657. The van der Waals surface area contributed by atoms with Gasteiger partial charge in [0.2, 0.25) is 6.41 Å². The third-order valence-corrected chi connectivity index (χ3v) is 8.42. The fourth-order valence-corrected chi connectivity index (χ4v) is 5.11.